The number of methoxy groups -OCH3 is 2. The SMILES string of the molecule is CCOC(=O)c1sc(-c2ccc(OC)c(OC)c2)cc1NC(=O)c1ccc(N2CCOCC2)cc1. The average molecular weight is 497 g/mol. The highest BCUT2D eigenvalue weighted by molar-refractivity contribution is 7.18. The van der Waals surface area contributed by atoms with Crippen LogP contribution in [0.4, 0.5) is 11.4 Å². The second kappa shape index (κ2) is 11.2. The molecule has 3 aromatic rings. The normalized spacial score (nSPS) is 13.3. The van der Waals surface area contributed by atoms with Crippen molar-refractivity contribution in [2.45, 2.75) is 6.92 Å². The average Bonchev–Trinajstić information content (AvgIpc) is 3.32. The molecule has 0 saturated carbocycles. The highest BCUT2D eigenvalue weighted by atomic mass is 32.1. The van der Waals surface area contributed by atoms with Crippen molar-refractivity contribution in [2.24, 2.45) is 0 Å². The van der Waals surface area contributed by atoms with Crippen LogP contribution in [-0.2, 0) is 9.47 Å². The van der Waals surface area contributed by atoms with Crippen molar-refractivity contribution in [1.82, 2.24) is 0 Å². The highest BCUT2D eigenvalue weighted by Crippen LogP contribution is 2.39. The first-order valence-electron chi connectivity index (χ1n) is 11.3. The van der Waals surface area contributed by atoms with Gasteiger partial charge in [-0.05, 0) is 61.0 Å². The summed E-state index contributed by atoms with van der Waals surface area (Å²) < 4.78 is 21.3. The van der Waals surface area contributed by atoms with Crippen LogP contribution in [0.3, 0.4) is 0 Å². The third-order valence-electron chi connectivity index (χ3n) is 5.61. The van der Waals surface area contributed by atoms with Gasteiger partial charge in [-0.3, -0.25) is 4.79 Å². The molecule has 0 atom stereocenters. The van der Waals surface area contributed by atoms with E-state index in [1.54, 1.807) is 45.4 Å². The minimum Gasteiger partial charge on any atom is -0.493 e. The van der Waals surface area contributed by atoms with Crippen LogP contribution in [0.1, 0.15) is 27.0 Å². The zero-order chi connectivity index (χ0) is 24.8. The molecule has 1 fully saturated rings. The molecule has 1 saturated heterocycles. The van der Waals surface area contributed by atoms with Crippen LogP contribution >= 0.6 is 11.3 Å². The predicted octanol–water partition coefficient (Wildman–Crippen LogP) is 4.70. The zero-order valence-electron chi connectivity index (χ0n) is 20.0. The van der Waals surface area contributed by atoms with Crippen LogP contribution in [-0.4, -0.2) is 59.0 Å². The number of nitrogens with one attached hydrogen (secondary N) is 1. The number of esters is 1. The quantitative estimate of drug-likeness (QED) is 0.453. The number of nitrogens with zero attached hydrogens (tertiary/aromatic N) is 1. The van der Waals surface area contributed by atoms with Crippen molar-refractivity contribution >= 4 is 34.6 Å². The Hall–Kier alpha value is -3.56. The molecule has 0 bridgehead atoms. The number of rotatable bonds is 8. The van der Waals surface area contributed by atoms with Crippen LogP contribution < -0.4 is 19.7 Å². The summed E-state index contributed by atoms with van der Waals surface area (Å²) in [7, 11) is 3.14. The summed E-state index contributed by atoms with van der Waals surface area (Å²) in [6, 6.07) is 14.7. The number of anilines is 2. The third-order valence-corrected chi connectivity index (χ3v) is 6.78. The Morgan fingerprint density at radius 3 is 2.37 bits per heavy atom. The molecule has 0 aliphatic carbocycles. The second-order valence-electron chi connectivity index (χ2n) is 7.74. The minimum absolute atomic E-state index is 0.235. The molecular formula is C26H28N2O6S. The van der Waals surface area contributed by atoms with Gasteiger partial charge in [0.05, 0.1) is 39.7 Å². The van der Waals surface area contributed by atoms with Gasteiger partial charge in [0, 0.05) is 29.2 Å². The number of amides is 1. The van der Waals surface area contributed by atoms with E-state index in [0.717, 1.165) is 29.2 Å². The number of ether oxygens (including phenoxy) is 4. The van der Waals surface area contributed by atoms with Crippen molar-refractivity contribution in [3.8, 4) is 21.9 Å². The molecule has 2 aromatic carbocycles. The van der Waals surface area contributed by atoms with Crippen molar-refractivity contribution < 1.29 is 28.5 Å². The predicted molar refractivity (Wildman–Crippen MR) is 136 cm³/mol. The minimum atomic E-state index is -0.484. The summed E-state index contributed by atoms with van der Waals surface area (Å²) in [5.41, 5.74) is 2.77. The molecule has 1 aliphatic heterocycles. The molecule has 0 unspecified atom stereocenters. The number of hydrogen-bond donors (Lipinski definition) is 1. The third kappa shape index (κ3) is 5.58. The van der Waals surface area contributed by atoms with Gasteiger partial charge in [0.15, 0.2) is 11.5 Å². The fourth-order valence-electron chi connectivity index (χ4n) is 3.80. The van der Waals surface area contributed by atoms with Gasteiger partial charge in [-0.25, -0.2) is 4.79 Å². The summed E-state index contributed by atoms with van der Waals surface area (Å²) in [5.74, 6) is 0.387. The van der Waals surface area contributed by atoms with E-state index in [0.29, 0.717) is 40.8 Å². The Morgan fingerprint density at radius 1 is 1.00 bits per heavy atom. The number of carbonyl (C=O) groups excluding carboxylic acids is 2. The molecule has 1 aromatic heterocycles. The molecular weight excluding hydrogens is 468 g/mol. The summed E-state index contributed by atoms with van der Waals surface area (Å²) in [5, 5.41) is 2.89. The maximum atomic E-state index is 13.0. The fourth-order valence-corrected chi connectivity index (χ4v) is 4.81. The summed E-state index contributed by atoms with van der Waals surface area (Å²) in [6.07, 6.45) is 0. The Balaban J connectivity index is 1.59. The molecule has 0 radical (unpaired) electrons. The summed E-state index contributed by atoms with van der Waals surface area (Å²) in [6.45, 7) is 5.01. The smallest absolute Gasteiger partial charge is 0.350 e. The lowest BCUT2D eigenvalue weighted by molar-refractivity contribution is 0.0533. The maximum Gasteiger partial charge on any atom is 0.350 e. The molecule has 1 amide bonds. The number of benzene rings is 2. The largest absolute Gasteiger partial charge is 0.493 e. The number of hydrogen-bond acceptors (Lipinski definition) is 8. The van der Waals surface area contributed by atoms with Gasteiger partial charge in [0.2, 0.25) is 0 Å². The number of carbonyl (C=O) groups is 2. The topological polar surface area (TPSA) is 86.3 Å². The van der Waals surface area contributed by atoms with Gasteiger partial charge in [0.25, 0.3) is 5.91 Å². The molecule has 1 N–H and O–H groups in total. The summed E-state index contributed by atoms with van der Waals surface area (Å²) in [4.78, 5) is 29.0. The van der Waals surface area contributed by atoms with E-state index < -0.39 is 5.97 Å². The first-order valence-corrected chi connectivity index (χ1v) is 12.1. The highest BCUT2D eigenvalue weighted by Gasteiger charge is 2.21. The monoisotopic (exact) mass is 496 g/mol. The van der Waals surface area contributed by atoms with Gasteiger partial charge in [0.1, 0.15) is 4.88 Å². The van der Waals surface area contributed by atoms with Gasteiger partial charge >= 0.3 is 5.97 Å². The van der Waals surface area contributed by atoms with Crippen molar-refractivity contribution in [2.75, 3.05) is 57.3 Å². The van der Waals surface area contributed by atoms with Crippen molar-refractivity contribution in [3.63, 3.8) is 0 Å². The molecule has 4 rings (SSSR count). The van der Waals surface area contributed by atoms with E-state index in [1.165, 1.54) is 11.3 Å². The lowest BCUT2D eigenvalue weighted by atomic mass is 10.1. The van der Waals surface area contributed by atoms with Gasteiger partial charge in [-0.1, -0.05) is 0 Å². The molecule has 1 aliphatic rings. The van der Waals surface area contributed by atoms with Crippen LogP contribution in [0.15, 0.2) is 48.5 Å². The maximum absolute atomic E-state index is 13.0. The second-order valence-corrected chi connectivity index (χ2v) is 8.80. The Morgan fingerprint density at radius 2 is 1.71 bits per heavy atom. The van der Waals surface area contributed by atoms with Gasteiger partial charge in [-0.15, -0.1) is 11.3 Å². The van der Waals surface area contributed by atoms with Crippen molar-refractivity contribution in [3.05, 3.63) is 59.0 Å². The summed E-state index contributed by atoms with van der Waals surface area (Å²) >= 11 is 1.25. The van der Waals surface area contributed by atoms with E-state index in [9.17, 15) is 9.59 Å². The fraction of sp³-hybridized carbons (Fsp3) is 0.308. The lowest BCUT2D eigenvalue weighted by Crippen LogP contribution is -2.36. The molecule has 8 nitrogen and oxygen atoms in total. The first kappa shape index (κ1) is 24.6. The van der Waals surface area contributed by atoms with Crippen LogP contribution in [0, 0.1) is 0 Å². The molecule has 35 heavy (non-hydrogen) atoms. The van der Waals surface area contributed by atoms with Crippen molar-refractivity contribution in [1.29, 1.82) is 0 Å². The van der Waals surface area contributed by atoms with E-state index in [-0.39, 0.29) is 12.5 Å². The van der Waals surface area contributed by atoms with E-state index >= 15 is 0 Å². The van der Waals surface area contributed by atoms with Gasteiger partial charge < -0.3 is 29.2 Å². The molecule has 2 heterocycles. The zero-order valence-corrected chi connectivity index (χ0v) is 20.8. The standard InChI is InChI=1S/C26H28N2O6S/c1-4-34-26(30)24-20(16-23(35-24)18-7-10-21(31-2)22(15-18)32-3)27-25(29)17-5-8-19(9-6-17)28-11-13-33-14-12-28/h5-10,15-16H,4,11-14H2,1-3H3,(H,27,29). The number of thiophene rings is 1. The number of morpholine rings is 1. The molecule has 0 spiro atoms. The van der Waals surface area contributed by atoms with Crippen LogP contribution in [0.5, 0.6) is 11.5 Å². The molecule has 184 valence electrons. The van der Waals surface area contributed by atoms with Crippen LogP contribution in [0.25, 0.3) is 10.4 Å². The Kier molecular flexibility index (Phi) is 7.89. The Labute approximate surface area is 208 Å². The van der Waals surface area contributed by atoms with E-state index in [1.807, 2.05) is 24.3 Å². The van der Waals surface area contributed by atoms with E-state index in [4.69, 9.17) is 18.9 Å². The van der Waals surface area contributed by atoms with Gasteiger partial charge in [-0.2, -0.15) is 0 Å². The molecule has 9 heteroatoms. The first-order chi connectivity index (χ1) is 17.0. The van der Waals surface area contributed by atoms with Crippen LogP contribution in [0.2, 0.25) is 0 Å². The van der Waals surface area contributed by atoms with E-state index in [2.05, 4.69) is 10.2 Å². The lowest BCUT2D eigenvalue weighted by Gasteiger charge is -2.28. The Bertz CT molecular complexity index is 1190.